The molecule has 0 aliphatic rings. The molecule has 0 unspecified atom stereocenters. The second kappa shape index (κ2) is 8.35. The average molecular weight is 279 g/mol. The summed E-state index contributed by atoms with van der Waals surface area (Å²) in [5.41, 5.74) is 0.937. The van der Waals surface area contributed by atoms with Gasteiger partial charge in [0.2, 0.25) is 5.91 Å². The molecule has 6 nitrogen and oxygen atoms in total. The number of aromatic nitrogens is 2. The van der Waals surface area contributed by atoms with Gasteiger partial charge in [-0.1, -0.05) is 13.8 Å². The van der Waals surface area contributed by atoms with Crippen molar-refractivity contribution in [2.75, 3.05) is 30.3 Å². The van der Waals surface area contributed by atoms with Crippen LogP contribution >= 0.6 is 0 Å². The lowest BCUT2D eigenvalue weighted by Crippen LogP contribution is -2.30. The highest BCUT2D eigenvalue weighted by atomic mass is 16.1. The molecule has 1 amide bonds. The Morgan fingerprint density at radius 3 is 2.20 bits per heavy atom. The van der Waals surface area contributed by atoms with Gasteiger partial charge in [-0.15, -0.1) is 0 Å². The van der Waals surface area contributed by atoms with Crippen molar-refractivity contribution in [3.05, 3.63) is 11.4 Å². The second-order valence-electron chi connectivity index (χ2n) is 4.72. The van der Waals surface area contributed by atoms with Crippen LogP contribution in [0.15, 0.2) is 0 Å². The summed E-state index contributed by atoms with van der Waals surface area (Å²) in [5, 5.41) is 9.18. The van der Waals surface area contributed by atoms with Crippen molar-refractivity contribution < 1.29 is 4.79 Å². The largest absolute Gasteiger partial charge is 0.370 e. The number of carbonyl (C=O) groups excluding carboxylic acids is 1. The van der Waals surface area contributed by atoms with Gasteiger partial charge in [0.15, 0.2) is 0 Å². The smallest absolute Gasteiger partial charge is 0.239 e. The van der Waals surface area contributed by atoms with Crippen molar-refractivity contribution in [3.8, 4) is 0 Å². The zero-order valence-electron chi connectivity index (χ0n) is 12.8. The molecule has 0 bridgehead atoms. The van der Waals surface area contributed by atoms with Crippen LogP contribution in [0.25, 0.3) is 0 Å². The minimum Gasteiger partial charge on any atom is -0.370 e. The van der Waals surface area contributed by atoms with Gasteiger partial charge in [-0.2, -0.15) is 0 Å². The van der Waals surface area contributed by atoms with Gasteiger partial charge in [0.1, 0.15) is 17.5 Å². The normalized spacial score (nSPS) is 10.2. The molecule has 0 fully saturated rings. The Kier molecular flexibility index (Phi) is 6.76. The molecular weight excluding hydrogens is 254 g/mol. The zero-order chi connectivity index (χ0) is 15.0. The molecule has 0 radical (unpaired) electrons. The van der Waals surface area contributed by atoms with Crippen molar-refractivity contribution >= 4 is 17.5 Å². The summed E-state index contributed by atoms with van der Waals surface area (Å²) in [7, 11) is 0. The van der Waals surface area contributed by atoms with E-state index in [1.165, 1.54) is 0 Å². The van der Waals surface area contributed by atoms with Crippen molar-refractivity contribution in [1.29, 1.82) is 0 Å². The first-order valence-electron chi connectivity index (χ1n) is 7.18. The van der Waals surface area contributed by atoms with Gasteiger partial charge in [0.25, 0.3) is 0 Å². The Bertz CT molecular complexity index is 447. The highest BCUT2D eigenvalue weighted by Crippen LogP contribution is 2.19. The van der Waals surface area contributed by atoms with Crippen molar-refractivity contribution in [2.45, 2.75) is 40.5 Å². The van der Waals surface area contributed by atoms with Gasteiger partial charge >= 0.3 is 0 Å². The third-order valence-electron chi connectivity index (χ3n) is 2.79. The molecule has 1 rings (SSSR count). The van der Waals surface area contributed by atoms with E-state index in [0.717, 1.165) is 30.8 Å². The van der Waals surface area contributed by atoms with Crippen LogP contribution in [0.2, 0.25) is 0 Å². The van der Waals surface area contributed by atoms with E-state index < -0.39 is 0 Å². The number of rotatable bonds is 8. The molecule has 0 aromatic carbocycles. The minimum absolute atomic E-state index is 0.0226. The average Bonchev–Trinajstić information content (AvgIpc) is 2.43. The van der Waals surface area contributed by atoms with Gasteiger partial charge in [0, 0.05) is 18.7 Å². The molecule has 0 aliphatic heterocycles. The van der Waals surface area contributed by atoms with Crippen LogP contribution < -0.4 is 16.0 Å². The topological polar surface area (TPSA) is 78.9 Å². The second-order valence-corrected chi connectivity index (χ2v) is 4.72. The number of nitrogens with one attached hydrogen (secondary N) is 3. The predicted octanol–water partition coefficient (Wildman–Crippen LogP) is 1.85. The Balaban J connectivity index is 2.69. The highest BCUT2D eigenvalue weighted by Gasteiger charge is 2.09. The van der Waals surface area contributed by atoms with Crippen LogP contribution in [0.4, 0.5) is 11.6 Å². The van der Waals surface area contributed by atoms with Crippen LogP contribution in [0.5, 0.6) is 0 Å². The van der Waals surface area contributed by atoms with Crippen molar-refractivity contribution in [3.63, 3.8) is 0 Å². The number of anilines is 2. The summed E-state index contributed by atoms with van der Waals surface area (Å²) in [5.74, 6) is 2.20. The van der Waals surface area contributed by atoms with Crippen LogP contribution in [-0.2, 0) is 4.79 Å². The number of nitrogens with zero attached hydrogens (tertiary/aromatic N) is 2. The monoisotopic (exact) mass is 279 g/mol. The molecule has 1 aromatic rings. The number of carbonyl (C=O) groups is 1. The SMILES string of the molecule is CCCNC(=O)CNc1nc(C)nc(NCCC)c1C. The first-order valence-corrected chi connectivity index (χ1v) is 7.18. The molecule has 0 aliphatic carbocycles. The van der Waals surface area contributed by atoms with Gasteiger partial charge in [-0.05, 0) is 26.7 Å². The molecule has 1 aromatic heterocycles. The Hall–Kier alpha value is -1.85. The zero-order valence-corrected chi connectivity index (χ0v) is 12.8. The van der Waals surface area contributed by atoms with Crippen LogP contribution in [-0.4, -0.2) is 35.5 Å². The molecule has 0 saturated heterocycles. The van der Waals surface area contributed by atoms with Gasteiger partial charge in [-0.3, -0.25) is 4.79 Å². The lowest BCUT2D eigenvalue weighted by Gasteiger charge is -2.13. The van der Waals surface area contributed by atoms with E-state index >= 15 is 0 Å². The maximum Gasteiger partial charge on any atom is 0.239 e. The number of aryl methyl sites for hydroxylation is 1. The Morgan fingerprint density at radius 2 is 1.60 bits per heavy atom. The van der Waals surface area contributed by atoms with Crippen LogP contribution in [0, 0.1) is 13.8 Å². The molecular formula is C14H25N5O. The fourth-order valence-electron chi connectivity index (χ4n) is 1.71. The summed E-state index contributed by atoms with van der Waals surface area (Å²) in [6, 6.07) is 0. The molecule has 0 atom stereocenters. The molecule has 112 valence electrons. The van der Waals surface area contributed by atoms with Gasteiger partial charge in [0.05, 0.1) is 6.54 Å². The van der Waals surface area contributed by atoms with E-state index in [1.807, 2.05) is 20.8 Å². The van der Waals surface area contributed by atoms with E-state index in [2.05, 4.69) is 32.8 Å². The quantitative estimate of drug-likeness (QED) is 0.677. The third kappa shape index (κ3) is 5.03. The first kappa shape index (κ1) is 16.2. The van der Waals surface area contributed by atoms with E-state index in [9.17, 15) is 4.79 Å². The van der Waals surface area contributed by atoms with Crippen LogP contribution in [0.3, 0.4) is 0 Å². The Labute approximate surface area is 120 Å². The maximum absolute atomic E-state index is 11.6. The number of hydrogen-bond donors (Lipinski definition) is 3. The fraction of sp³-hybridized carbons (Fsp3) is 0.643. The number of amides is 1. The molecule has 0 spiro atoms. The molecule has 20 heavy (non-hydrogen) atoms. The van der Waals surface area contributed by atoms with Gasteiger partial charge < -0.3 is 16.0 Å². The lowest BCUT2D eigenvalue weighted by atomic mass is 10.3. The van der Waals surface area contributed by atoms with Crippen molar-refractivity contribution in [2.24, 2.45) is 0 Å². The van der Waals surface area contributed by atoms with Crippen LogP contribution in [0.1, 0.15) is 38.1 Å². The highest BCUT2D eigenvalue weighted by molar-refractivity contribution is 5.80. The minimum atomic E-state index is -0.0226. The standard InChI is InChI=1S/C14H25N5O/c1-5-7-15-12(20)9-17-14-10(3)13(16-8-6-2)18-11(4)19-14/h5-9H2,1-4H3,(H,15,20)(H2,16,17,18,19). The van der Waals surface area contributed by atoms with E-state index in [-0.39, 0.29) is 12.5 Å². The van der Waals surface area contributed by atoms with Crippen molar-refractivity contribution in [1.82, 2.24) is 15.3 Å². The maximum atomic E-state index is 11.6. The fourth-order valence-corrected chi connectivity index (χ4v) is 1.71. The molecule has 0 saturated carbocycles. The summed E-state index contributed by atoms with van der Waals surface area (Å²) in [4.78, 5) is 20.3. The lowest BCUT2D eigenvalue weighted by molar-refractivity contribution is -0.119. The van der Waals surface area contributed by atoms with E-state index in [1.54, 1.807) is 0 Å². The first-order chi connectivity index (χ1) is 9.58. The van der Waals surface area contributed by atoms with Gasteiger partial charge in [-0.25, -0.2) is 9.97 Å². The third-order valence-corrected chi connectivity index (χ3v) is 2.79. The van der Waals surface area contributed by atoms with E-state index in [4.69, 9.17) is 0 Å². The molecule has 3 N–H and O–H groups in total. The Morgan fingerprint density at radius 1 is 1.00 bits per heavy atom. The predicted molar refractivity (Wildman–Crippen MR) is 82.1 cm³/mol. The summed E-state index contributed by atoms with van der Waals surface area (Å²) in [6.45, 7) is 9.72. The summed E-state index contributed by atoms with van der Waals surface area (Å²) < 4.78 is 0. The molecule has 1 heterocycles. The number of hydrogen-bond acceptors (Lipinski definition) is 5. The molecule has 6 heteroatoms. The summed E-state index contributed by atoms with van der Waals surface area (Å²) in [6.07, 6.45) is 1.97. The summed E-state index contributed by atoms with van der Waals surface area (Å²) >= 11 is 0. The van der Waals surface area contributed by atoms with E-state index in [0.29, 0.717) is 18.2 Å².